The summed E-state index contributed by atoms with van der Waals surface area (Å²) in [6.45, 7) is 2.18. The minimum atomic E-state index is -0.815. The van der Waals surface area contributed by atoms with Gasteiger partial charge in [0.05, 0.1) is 21.3 Å². The molecule has 1 aliphatic carbocycles. The van der Waals surface area contributed by atoms with Gasteiger partial charge in [-0.3, -0.25) is 4.79 Å². The van der Waals surface area contributed by atoms with Crippen LogP contribution in [0.4, 0.5) is 0 Å². The first-order chi connectivity index (χ1) is 12.1. The van der Waals surface area contributed by atoms with Crippen molar-refractivity contribution in [2.24, 2.45) is 0 Å². The summed E-state index contributed by atoms with van der Waals surface area (Å²) in [7, 11) is 0. The average Bonchev–Trinajstić information content (AvgIpc) is 3.10. The van der Waals surface area contributed by atoms with Crippen LogP contribution < -0.4 is 5.32 Å². The third kappa shape index (κ3) is 4.66. The number of carbonyl (C=O) groups is 2. The van der Waals surface area contributed by atoms with Crippen LogP contribution in [0.25, 0.3) is 10.2 Å². The van der Waals surface area contributed by atoms with Crippen LogP contribution in [-0.4, -0.2) is 29.5 Å². The van der Waals surface area contributed by atoms with Crippen LogP contribution in [0.1, 0.15) is 49.4 Å². The minimum absolute atomic E-state index is 0.261. The molecular weight excluding hydrogens is 336 g/mol. The Hall–Kier alpha value is -2.21. The van der Waals surface area contributed by atoms with Crippen LogP contribution in [0.15, 0.2) is 35.4 Å². The molecule has 1 aromatic carbocycles. The van der Waals surface area contributed by atoms with Crippen molar-refractivity contribution < 1.29 is 14.3 Å². The molecule has 2 aromatic rings. The first-order valence-electron chi connectivity index (χ1n) is 8.63. The normalized spacial score (nSPS) is 15.5. The maximum Gasteiger partial charge on any atom is 0.338 e. The quantitative estimate of drug-likeness (QED) is 0.629. The fourth-order valence-electron chi connectivity index (χ4n) is 2.89. The van der Waals surface area contributed by atoms with E-state index in [0.29, 0.717) is 12.1 Å². The molecule has 0 saturated heterocycles. The summed E-state index contributed by atoms with van der Waals surface area (Å²) in [4.78, 5) is 28.5. The number of carbonyl (C=O) groups excluding carboxylic acids is 2. The van der Waals surface area contributed by atoms with Crippen molar-refractivity contribution in [1.29, 1.82) is 0 Å². The molecule has 1 heterocycles. The number of nitrogens with zero attached hydrogens (tertiary/aromatic N) is 1. The van der Waals surface area contributed by atoms with Crippen LogP contribution in [0.2, 0.25) is 0 Å². The van der Waals surface area contributed by atoms with E-state index in [1.807, 2.05) is 0 Å². The highest BCUT2D eigenvalue weighted by molar-refractivity contribution is 7.16. The monoisotopic (exact) mass is 358 g/mol. The van der Waals surface area contributed by atoms with E-state index >= 15 is 0 Å². The standard InChI is InChI=1S/C19H22N2O3S/c1-13(18(22)20-10-9-14-5-3-2-4-6-14)24-19(23)15-7-8-16-17(11-15)25-12-21-16/h5,7-8,11-13H,2-4,6,9-10H2,1H3,(H,20,22). The molecule has 1 aromatic heterocycles. The Morgan fingerprint density at radius 1 is 1.36 bits per heavy atom. The number of fused-ring (bicyclic) bond motifs is 1. The molecule has 1 unspecified atom stereocenters. The molecule has 1 N–H and O–H groups in total. The highest BCUT2D eigenvalue weighted by atomic mass is 32.1. The summed E-state index contributed by atoms with van der Waals surface area (Å²) in [5, 5.41) is 2.85. The lowest BCUT2D eigenvalue weighted by Gasteiger charge is -2.15. The van der Waals surface area contributed by atoms with Crippen molar-refractivity contribution >= 4 is 33.4 Å². The van der Waals surface area contributed by atoms with Gasteiger partial charge in [-0.05, 0) is 57.2 Å². The number of ether oxygens (including phenoxy) is 1. The van der Waals surface area contributed by atoms with E-state index in [1.54, 1.807) is 30.6 Å². The maximum atomic E-state index is 12.2. The number of esters is 1. The highest BCUT2D eigenvalue weighted by Crippen LogP contribution is 2.20. The Kier molecular flexibility index (Phi) is 5.81. The van der Waals surface area contributed by atoms with Crippen LogP contribution in [0.3, 0.4) is 0 Å². The number of aromatic nitrogens is 1. The number of hydrogen-bond donors (Lipinski definition) is 1. The first-order valence-corrected chi connectivity index (χ1v) is 9.51. The van der Waals surface area contributed by atoms with E-state index in [-0.39, 0.29) is 5.91 Å². The molecule has 0 saturated carbocycles. The SMILES string of the molecule is CC(OC(=O)c1ccc2ncsc2c1)C(=O)NCCC1=CCCCC1. The molecule has 0 bridgehead atoms. The van der Waals surface area contributed by atoms with Crippen molar-refractivity contribution in [1.82, 2.24) is 10.3 Å². The van der Waals surface area contributed by atoms with Gasteiger partial charge in [0.15, 0.2) is 6.10 Å². The molecule has 132 valence electrons. The predicted molar refractivity (Wildman–Crippen MR) is 98.7 cm³/mol. The lowest BCUT2D eigenvalue weighted by atomic mass is 9.97. The Labute approximate surface area is 151 Å². The molecule has 6 heteroatoms. The minimum Gasteiger partial charge on any atom is -0.449 e. The van der Waals surface area contributed by atoms with Crippen molar-refractivity contribution in [2.45, 2.75) is 45.1 Å². The summed E-state index contributed by atoms with van der Waals surface area (Å²) in [6, 6.07) is 5.20. The molecule has 1 aliphatic rings. The molecule has 0 fully saturated rings. The zero-order valence-corrected chi connectivity index (χ0v) is 15.1. The summed E-state index contributed by atoms with van der Waals surface area (Å²) in [5.41, 5.74) is 4.43. The molecule has 25 heavy (non-hydrogen) atoms. The molecule has 1 atom stereocenters. The second-order valence-corrected chi connectivity index (χ2v) is 7.12. The van der Waals surface area contributed by atoms with Gasteiger partial charge in [0, 0.05) is 6.54 Å². The molecule has 5 nitrogen and oxygen atoms in total. The fourth-order valence-corrected chi connectivity index (χ4v) is 3.60. The number of amides is 1. The van der Waals surface area contributed by atoms with Crippen LogP contribution >= 0.6 is 11.3 Å². The van der Waals surface area contributed by atoms with Gasteiger partial charge in [0.1, 0.15) is 0 Å². The zero-order valence-electron chi connectivity index (χ0n) is 14.3. The third-order valence-electron chi connectivity index (χ3n) is 4.35. The Balaban J connectivity index is 1.48. The lowest BCUT2D eigenvalue weighted by Crippen LogP contribution is -2.36. The first kappa shape index (κ1) is 17.6. The Morgan fingerprint density at radius 2 is 2.24 bits per heavy atom. The Bertz CT molecular complexity index is 797. The van der Waals surface area contributed by atoms with E-state index in [4.69, 9.17) is 4.74 Å². The van der Waals surface area contributed by atoms with Gasteiger partial charge in [-0.15, -0.1) is 11.3 Å². The van der Waals surface area contributed by atoms with Crippen molar-refractivity contribution in [3.63, 3.8) is 0 Å². The molecule has 0 radical (unpaired) electrons. The highest BCUT2D eigenvalue weighted by Gasteiger charge is 2.19. The van der Waals surface area contributed by atoms with E-state index < -0.39 is 12.1 Å². The maximum absolute atomic E-state index is 12.2. The number of rotatable bonds is 6. The zero-order chi connectivity index (χ0) is 17.6. The van der Waals surface area contributed by atoms with Gasteiger partial charge < -0.3 is 10.1 Å². The van der Waals surface area contributed by atoms with E-state index in [0.717, 1.165) is 29.5 Å². The van der Waals surface area contributed by atoms with Crippen molar-refractivity contribution in [3.05, 3.63) is 40.9 Å². The molecule has 3 rings (SSSR count). The third-order valence-corrected chi connectivity index (χ3v) is 5.14. The van der Waals surface area contributed by atoms with Crippen LogP contribution in [0.5, 0.6) is 0 Å². The van der Waals surface area contributed by atoms with Gasteiger partial charge in [-0.2, -0.15) is 0 Å². The number of thiazole rings is 1. The van der Waals surface area contributed by atoms with Crippen molar-refractivity contribution in [3.8, 4) is 0 Å². The van der Waals surface area contributed by atoms with Gasteiger partial charge in [0.25, 0.3) is 5.91 Å². The van der Waals surface area contributed by atoms with Crippen molar-refractivity contribution in [2.75, 3.05) is 6.54 Å². The molecule has 1 amide bonds. The van der Waals surface area contributed by atoms with Gasteiger partial charge in [-0.25, -0.2) is 9.78 Å². The van der Waals surface area contributed by atoms with Gasteiger partial charge in [0.2, 0.25) is 0 Å². The second-order valence-electron chi connectivity index (χ2n) is 6.23. The summed E-state index contributed by atoms with van der Waals surface area (Å²) in [5.74, 6) is -0.753. The summed E-state index contributed by atoms with van der Waals surface area (Å²) in [6.07, 6.45) is 7.09. The molecular formula is C19H22N2O3S. The topological polar surface area (TPSA) is 68.3 Å². The number of benzene rings is 1. The predicted octanol–water partition coefficient (Wildman–Crippen LogP) is 3.85. The second kappa shape index (κ2) is 8.25. The van der Waals surface area contributed by atoms with Crippen LogP contribution in [0, 0.1) is 0 Å². The van der Waals surface area contributed by atoms with Crippen LogP contribution in [-0.2, 0) is 9.53 Å². The van der Waals surface area contributed by atoms with E-state index in [1.165, 1.54) is 29.8 Å². The lowest BCUT2D eigenvalue weighted by molar-refractivity contribution is -0.129. The van der Waals surface area contributed by atoms with Gasteiger partial charge in [-0.1, -0.05) is 11.6 Å². The van der Waals surface area contributed by atoms with Gasteiger partial charge >= 0.3 is 5.97 Å². The van der Waals surface area contributed by atoms with E-state index in [2.05, 4.69) is 16.4 Å². The number of hydrogen-bond acceptors (Lipinski definition) is 5. The summed E-state index contributed by atoms with van der Waals surface area (Å²) < 4.78 is 6.21. The largest absolute Gasteiger partial charge is 0.449 e. The van der Waals surface area contributed by atoms with E-state index in [9.17, 15) is 9.59 Å². The molecule has 0 aliphatic heterocycles. The number of nitrogens with one attached hydrogen (secondary N) is 1. The smallest absolute Gasteiger partial charge is 0.338 e. The Morgan fingerprint density at radius 3 is 3.04 bits per heavy atom. The molecule has 0 spiro atoms. The fraction of sp³-hybridized carbons (Fsp3) is 0.421. The number of allylic oxidation sites excluding steroid dienone is 1. The summed E-state index contributed by atoms with van der Waals surface area (Å²) >= 11 is 1.47. The average molecular weight is 358 g/mol.